The van der Waals surface area contributed by atoms with Gasteiger partial charge in [-0.05, 0) is 24.3 Å². The molecule has 0 fully saturated rings. The Bertz CT molecular complexity index is 658. The maximum Gasteiger partial charge on any atom is 0.224 e. The van der Waals surface area contributed by atoms with Crippen LogP contribution in [-0.4, -0.2) is 26.2 Å². The van der Waals surface area contributed by atoms with Crippen molar-refractivity contribution in [1.29, 1.82) is 0 Å². The number of methoxy groups -OCH3 is 1. The normalized spacial score (nSPS) is 10.2. The second kappa shape index (κ2) is 8.39. The van der Waals surface area contributed by atoms with Gasteiger partial charge in [-0.2, -0.15) is 0 Å². The highest BCUT2D eigenvalue weighted by Crippen LogP contribution is 2.20. The van der Waals surface area contributed by atoms with E-state index < -0.39 is 5.82 Å². The topological polar surface area (TPSA) is 47.6 Å². The van der Waals surface area contributed by atoms with Crippen molar-refractivity contribution in [3.63, 3.8) is 0 Å². The first-order valence-electron chi connectivity index (χ1n) is 7.06. The van der Waals surface area contributed by atoms with Crippen molar-refractivity contribution < 1.29 is 18.7 Å². The summed E-state index contributed by atoms with van der Waals surface area (Å²) in [5, 5.41) is 2.91. The fourth-order valence-corrected chi connectivity index (χ4v) is 2.20. The van der Waals surface area contributed by atoms with Crippen molar-refractivity contribution in [2.45, 2.75) is 6.42 Å². The number of carbonyl (C=O) groups excluding carboxylic acids is 1. The summed E-state index contributed by atoms with van der Waals surface area (Å²) in [6, 6.07) is 11.5. The zero-order chi connectivity index (χ0) is 16.7. The van der Waals surface area contributed by atoms with E-state index in [0.29, 0.717) is 24.7 Å². The van der Waals surface area contributed by atoms with Crippen molar-refractivity contribution in [3.8, 4) is 11.5 Å². The Hall–Kier alpha value is -2.27. The lowest BCUT2D eigenvalue weighted by Crippen LogP contribution is -2.29. The SMILES string of the molecule is COc1cccc(OCCNC(=O)Cc2c(F)cccc2Cl)c1. The van der Waals surface area contributed by atoms with E-state index in [1.807, 2.05) is 12.1 Å². The summed E-state index contributed by atoms with van der Waals surface area (Å²) in [6.45, 7) is 0.603. The van der Waals surface area contributed by atoms with Gasteiger partial charge in [-0.15, -0.1) is 0 Å². The summed E-state index contributed by atoms with van der Waals surface area (Å²) >= 11 is 5.89. The van der Waals surface area contributed by atoms with Gasteiger partial charge in [0.2, 0.25) is 5.91 Å². The number of halogens is 2. The number of hydrogen-bond donors (Lipinski definition) is 1. The maximum atomic E-state index is 13.6. The lowest BCUT2D eigenvalue weighted by Gasteiger charge is -2.09. The summed E-state index contributed by atoms with van der Waals surface area (Å²) in [7, 11) is 1.58. The first kappa shape index (κ1) is 17.1. The molecular weight excluding hydrogens is 321 g/mol. The molecule has 6 heteroatoms. The van der Waals surface area contributed by atoms with E-state index in [9.17, 15) is 9.18 Å². The fourth-order valence-electron chi connectivity index (χ4n) is 1.97. The van der Waals surface area contributed by atoms with E-state index in [4.69, 9.17) is 21.1 Å². The van der Waals surface area contributed by atoms with Crippen molar-refractivity contribution in [2.24, 2.45) is 0 Å². The molecule has 0 heterocycles. The second-order valence-corrected chi connectivity index (χ2v) is 5.16. The molecule has 0 bridgehead atoms. The molecule has 23 heavy (non-hydrogen) atoms. The quantitative estimate of drug-likeness (QED) is 0.789. The monoisotopic (exact) mass is 337 g/mol. The molecule has 1 N–H and O–H groups in total. The summed E-state index contributed by atoms with van der Waals surface area (Å²) in [4.78, 5) is 11.8. The highest BCUT2D eigenvalue weighted by Gasteiger charge is 2.11. The van der Waals surface area contributed by atoms with Crippen LogP contribution in [-0.2, 0) is 11.2 Å². The van der Waals surface area contributed by atoms with E-state index >= 15 is 0 Å². The zero-order valence-electron chi connectivity index (χ0n) is 12.6. The molecule has 0 unspecified atom stereocenters. The fraction of sp³-hybridized carbons (Fsp3) is 0.235. The van der Waals surface area contributed by atoms with Gasteiger partial charge in [0.05, 0.1) is 20.1 Å². The van der Waals surface area contributed by atoms with Crippen LogP contribution in [0.1, 0.15) is 5.56 Å². The van der Waals surface area contributed by atoms with Crippen LogP contribution in [0.25, 0.3) is 0 Å². The second-order valence-electron chi connectivity index (χ2n) is 4.75. The highest BCUT2D eigenvalue weighted by atomic mass is 35.5. The number of carbonyl (C=O) groups is 1. The molecule has 1 amide bonds. The van der Waals surface area contributed by atoms with Crippen LogP contribution in [0.5, 0.6) is 11.5 Å². The van der Waals surface area contributed by atoms with E-state index in [2.05, 4.69) is 5.32 Å². The maximum absolute atomic E-state index is 13.6. The number of benzene rings is 2. The van der Waals surface area contributed by atoms with E-state index in [0.717, 1.165) is 0 Å². The average Bonchev–Trinajstić information content (AvgIpc) is 2.55. The predicted molar refractivity (Wildman–Crippen MR) is 86.6 cm³/mol. The number of amides is 1. The number of rotatable bonds is 7. The van der Waals surface area contributed by atoms with Crippen molar-refractivity contribution >= 4 is 17.5 Å². The van der Waals surface area contributed by atoms with E-state index in [1.54, 1.807) is 25.3 Å². The van der Waals surface area contributed by atoms with Gasteiger partial charge in [-0.3, -0.25) is 4.79 Å². The minimum Gasteiger partial charge on any atom is -0.497 e. The Morgan fingerprint density at radius 2 is 1.96 bits per heavy atom. The minimum atomic E-state index is -0.486. The van der Waals surface area contributed by atoms with Gasteiger partial charge in [0, 0.05) is 16.7 Å². The van der Waals surface area contributed by atoms with Crippen LogP contribution in [0.2, 0.25) is 5.02 Å². The highest BCUT2D eigenvalue weighted by molar-refractivity contribution is 6.31. The Morgan fingerprint density at radius 3 is 2.70 bits per heavy atom. The van der Waals surface area contributed by atoms with Crippen LogP contribution >= 0.6 is 11.6 Å². The van der Waals surface area contributed by atoms with E-state index in [1.165, 1.54) is 12.1 Å². The molecule has 2 aromatic rings. The number of hydrogen-bond acceptors (Lipinski definition) is 3. The third kappa shape index (κ3) is 5.14. The number of ether oxygens (including phenoxy) is 2. The van der Waals surface area contributed by atoms with Gasteiger partial charge in [0.25, 0.3) is 0 Å². The molecule has 0 aliphatic heterocycles. The molecule has 0 spiro atoms. The van der Waals surface area contributed by atoms with Crippen LogP contribution in [0.3, 0.4) is 0 Å². The van der Waals surface area contributed by atoms with Crippen LogP contribution in [0.15, 0.2) is 42.5 Å². The molecule has 0 aliphatic carbocycles. The van der Waals surface area contributed by atoms with E-state index in [-0.39, 0.29) is 22.9 Å². The Morgan fingerprint density at radius 1 is 1.22 bits per heavy atom. The molecule has 0 atom stereocenters. The standard InChI is InChI=1S/C17H17ClFNO3/c1-22-12-4-2-5-13(10-12)23-9-8-20-17(21)11-14-15(18)6-3-7-16(14)19/h2-7,10H,8-9,11H2,1H3,(H,20,21). The summed E-state index contributed by atoms with van der Waals surface area (Å²) in [5.74, 6) is 0.544. The molecule has 0 saturated carbocycles. The molecule has 0 saturated heterocycles. The summed E-state index contributed by atoms with van der Waals surface area (Å²) in [6.07, 6.45) is -0.106. The molecule has 2 rings (SSSR count). The Balaban J connectivity index is 1.76. The average molecular weight is 338 g/mol. The molecule has 2 aromatic carbocycles. The first-order valence-corrected chi connectivity index (χ1v) is 7.44. The smallest absolute Gasteiger partial charge is 0.224 e. The third-order valence-electron chi connectivity index (χ3n) is 3.13. The van der Waals surface area contributed by atoms with Gasteiger partial charge in [0.1, 0.15) is 23.9 Å². The molecule has 0 aromatic heterocycles. The Labute approximate surface area is 139 Å². The lowest BCUT2D eigenvalue weighted by atomic mass is 10.1. The van der Waals surface area contributed by atoms with Crippen LogP contribution < -0.4 is 14.8 Å². The van der Waals surface area contributed by atoms with Gasteiger partial charge < -0.3 is 14.8 Å². The molecule has 0 aliphatic rings. The van der Waals surface area contributed by atoms with Crippen molar-refractivity contribution in [2.75, 3.05) is 20.3 Å². The number of nitrogens with one attached hydrogen (secondary N) is 1. The minimum absolute atomic E-state index is 0.106. The lowest BCUT2D eigenvalue weighted by molar-refractivity contribution is -0.120. The molecule has 4 nitrogen and oxygen atoms in total. The van der Waals surface area contributed by atoms with Crippen molar-refractivity contribution in [3.05, 3.63) is 58.9 Å². The molecular formula is C17H17ClFNO3. The third-order valence-corrected chi connectivity index (χ3v) is 3.49. The van der Waals surface area contributed by atoms with Gasteiger partial charge in [-0.1, -0.05) is 23.7 Å². The van der Waals surface area contributed by atoms with Gasteiger partial charge in [-0.25, -0.2) is 4.39 Å². The zero-order valence-corrected chi connectivity index (χ0v) is 13.4. The van der Waals surface area contributed by atoms with Crippen LogP contribution in [0.4, 0.5) is 4.39 Å². The molecule has 0 radical (unpaired) electrons. The van der Waals surface area contributed by atoms with Gasteiger partial charge >= 0.3 is 0 Å². The van der Waals surface area contributed by atoms with Gasteiger partial charge in [0.15, 0.2) is 0 Å². The summed E-state index contributed by atoms with van der Waals surface area (Å²) < 4.78 is 24.2. The Kier molecular flexibility index (Phi) is 6.23. The molecule has 122 valence electrons. The van der Waals surface area contributed by atoms with Crippen molar-refractivity contribution in [1.82, 2.24) is 5.32 Å². The largest absolute Gasteiger partial charge is 0.497 e. The van der Waals surface area contributed by atoms with Crippen LogP contribution in [0, 0.1) is 5.82 Å². The predicted octanol–water partition coefficient (Wildman–Crippen LogP) is 3.23. The first-order chi connectivity index (χ1) is 11.1. The summed E-state index contributed by atoms with van der Waals surface area (Å²) in [5.41, 5.74) is 0.195.